The Bertz CT molecular complexity index is 2140. The van der Waals surface area contributed by atoms with Crippen molar-refractivity contribution in [2.45, 2.75) is 89.6 Å². The van der Waals surface area contributed by atoms with Crippen molar-refractivity contribution < 1.29 is 19.5 Å². The number of hydrogen-bond acceptors (Lipinski definition) is 11. The monoisotopic (exact) mass is 731 g/mol. The lowest BCUT2D eigenvalue weighted by Crippen LogP contribution is -2.59. The van der Waals surface area contributed by atoms with Crippen molar-refractivity contribution in [3.05, 3.63) is 71.4 Å². The Hall–Kier alpha value is -5.04. The Morgan fingerprint density at radius 2 is 1.74 bits per heavy atom. The number of phenols is 1. The number of nitrogens with one attached hydrogen (secondary N) is 1. The molecule has 1 aliphatic carbocycles. The summed E-state index contributed by atoms with van der Waals surface area (Å²) < 4.78 is 5.50. The van der Waals surface area contributed by atoms with Crippen LogP contribution in [0, 0.1) is 11.3 Å². The fraction of sp³-hybridized carbons (Fsp3) is 0.512. The molecule has 3 aliphatic heterocycles. The summed E-state index contributed by atoms with van der Waals surface area (Å²) in [4.78, 5) is 32.3. The number of hydrogen-bond donors (Lipinski definition) is 3. The summed E-state index contributed by atoms with van der Waals surface area (Å²) >= 11 is 0. The highest BCUT2D eigenvalue weighted by Gasteiger charge is 2.47. The fourth-order valence-electron chi connectivity index (χ4n) is 9.83. The molecule has 1 saturated carbocycles. The van der Waals surface area contributed by atoms with E-state index in [1.165, 1.54) is 42.5 Å². The first-order chi connectivity index (χ1) is 26.2. The third-order valence-corrected chi connectivity index (χ3v) is 12.9. The van der Waals surface area contributed by atoms with Crippen LogP contribution in [0.4, 0.5) is 11.8 Å². The van der Waals surface area contributed by atoms with Crippen LogP contribution in [0.3, 0.4) is 0 Å². The second-order valence-corrected chi connectivity index (χ2v) is 16.5. The molecule has 4 aromatic heterocycles. The predicted molar refractivity (Wildman–Crippen MR) is 205 cm³/mol. The summed E-state index contributed by atoms with van der Waals surface area (Å²) in [6.07, 6.45) is 12.1. The highest BCUT2D eigenvalue weighted by atomic mass is 16.5. The van der Waals surface area contributed by atoms with Crippen molar-refractivity contribution in [3.63, 3.8) is 0 Å². The third-order valence-electron chi connectivity index (χ3n) is 12.9. The van der Waals surface area contributed by atoms with Gasteiger partial charge < -0.3 is 34.4 Å². The lowest BCUT2D eigenvalue weighted by molar-refractivity contribution is -0.140. The van der Waals surface area contributed by atoms with E-state index in [0.717, 1.165) is 74.8 Å². The van der Waals surface area contributed by atoms with Gasteiger partial charge in [0.15, 0.2) is 17.2 Å². The van der Waals surface area contributed by atoms with Crippen LogP contribution in [0.2, 0.25) is 0 Å². The Balaban J connectivity index is 0.784. The van der Waals surface area contributed by atoms with Crippen LogP contribution in [0.25, 0.3) is 22.3 Å². The number of aliphatic carboxylic acids is 1. The van der Waals surface area contributed by atoms with E-state index in [1.54, 1.807) is 12.1 Å². The maximum absolute atomic E-state index is 11.8. The summed E-state index contributed by atoms with van der Waals surface area (Å²) in [5, 5.41) is 34.2. The van der Waals surface area contributed by atoms with Gasteiger partial charge in [-0.3, -0.25) is 4.79 Å². The number of H-pyrrole nitrogens is 1. The number of anilines is 2. The second-order valence-electron chi connectivity index (χ2n) is 16.5. The maximum atomic E-state index is 11.8. The number of carboxylic acid groups (broad SMARTS) is 1. The first-order valence-electron chi connectivity index (χ1n) is 19.6. The van der Waals surface area contributed by atoms with E-state index in [2.05, 4.69) is 54.4 Å². The number of carbonyl (C=O) groups is 1. The molecule has 4 aliphatic rings. The molecule has 0 bridgehead atoms. The molecule has 2 saturated heterocycles. The van der Waals surface area contributed by atoms with Crippen molar-refractivity contribution in [2.75, 3.05) is 42.5 Å². The second kappa shape index (κ2) is 13.7. The average Bonchev–Trinajstić information content (AvgIpc) is 3.79. The number of rotatable bonds is 8. The first-order valence-corrected chi connectivity index (χ1v) is 19.6. The zero-order valence-corrected chi connectivity index (χ0v) is 31.3. The SMILES string of the molecule is CC(C)C(C(=O)O)c1cc(N2CC3(CCC(N4CCC(c5cnc(N6CCc7[nH]c8nnc(-c9ccccc9O)cc8c7[C@H]6C)nc5)CC4)CC3)C2)no1. The molecule has 54 heavy (non-hydrogen) atoms. The molecule has 282 valence electrons. The molecule has 1 aromatic carbocycles. The third kappa shape index (κ3) is 6.15. The summed E-state index contributed by atoms with van der Waals surface area (Å²) in [7, 11) is 0. The van der Waals surface area contributed by atoms with Crippen LogP contribution in [0.1, 0.15) is 99.8 Å². The van der Waals surface area contributed by atoms with Crippen LogP contribution < -0.4 is 9.80 Å². The number of likely N-dealkylation sites (tertiary alicyclic amines) is 1. The summed E-state index contributed by atoms with van der Waals surface area (Å²) in [5.41, 5.74) is 6.00. The van der Waals surface area contributed by atoms with Gasteiger partial charge in [0.1, 0.15) is 11.7 Å². The highest BCUT2D eigenvalue weighted by molar-refractivity contribution is 5.86. The van der Waals surface area contributed by atoms with Gasteiger partial charge in [-0.2, -0.15) is 0 Å². The Morgan fingerprint density at radius 1 is 1.00 bits per heavy atom. The molecular formula is C41H49N9O4. The number of nitrogens with zero attached hydrogens (tertiary/aromatic N) is 8. The molecule has 3 N–H and O–H groups in total. The molecule has 1 unspecified atom stereocenters. The standard InChI is InChI=1S/C41H49N9O4/c1-24(2)36(39(52)53)34-19-35(47-54-34)49-22-41(23-49)13-8-28(9-14-41)48-15-10-26(11-16-48)27-20-42-40(43-21-27)50-17-12-31-37(25(50)3)30-18-32(45-46-38(30)44-31)29-6-4-5-7-33(29)51/h4-7,18-21,24-26,28,36,51H,8-17,22-23H2,1-3H3,(H,44,46)(H,52,53)/t25-,36?/m1/s1. The number of fused-ring (bicyclic) bond motifs is 3. The van der Waals surface area contributed by atoms with E-state index >= 15 is 0 Å². The minimum absolute atomic E-state index is 0.0483. The highest BCUT2D eigenvalue weighted by Crippen LogP contribution is 2.47. The van der Waals surface area contributed by atoms with E-state index in [9.17, 15) is 15.0 Å². The molecular weight excluding hydrogens is 683 g/mol. The lowest BCUT2D eigenvalue weighted by atomic mass is 9.67. The quantitative estimate of drug-likeness (QED) is 0.156. The Kier molecular flexibility index (Phi) is 8.79. The largest absolute Gasteiger partial charge is 0.507 e. The predicted octanol–water partition coefficient (Wildman–Crippen LogP) is 6.69. The Morgan fingerprint density at radius 3 is 2.44 bits per heavy atom. The molecule has 0 radical (unpaired) electrons. The van der Waals surface area contributed by atoms with E-state index in [0.29, 0.717) is 34.4 Å². The smallest absolute Gasteiger partial charge is 0.314 e. The number of piperidine rings is 1. The van der Waals surface area contributed by atoms with Gasteiger partial charge in [-0.25, -0.2) is 9.97 Å². The fourth-order valence-corrected chi connectivity index (χ4v) is 9.83. The number of para-hydroxylation sites is 1. The lowest BCUT2D eigenvalue weighted by Gasteiger charge is -2.54. The van der Waals surface area contributed by atoms with Crippen LogP contribution in [0.5, 0.6) is 5.75 Å². The van der Waals surface area contributed by atoms with Crippen molar-refractivity contribution in [3.8, 4) is 17.0 Å². The maximum Gasteiger partial charge on any atom is 0.314 e. The van der Waals surface area contributed by atoms with Gasteiger partial charge in [0.25, 0.3) is 0 Å². The van der Waals surface area contributed by atoms with Gasteiger partial charge in [0.2, 0.25) is 5.95 Å². The van der Waals surface area contributed by atoms with Gasteiger partial charge in [-0.05, 0) is 94.1 Å². The molecule has 3 fully saturated rings. The van der Waals surface area contributed by atoms with Crippen LogP contribution in [-0.2, 0) is 11.2 Å². The number of aromatic hydroxyl groups is 1. The topological polar surface area (TPSA) is 161 Å². The van der Waals surface area contributed by atoms with Gasteiger partial charge in [0, 0.05) is 78.2 Å². The van der Waals surface area contributed by atoms with Gasteiger partial charge in [-0.1, -0.05) is 31.1 Å². The summed E-state index contributed by atoms with van der Waals surface area (Å²) in [6, 6.07) is 11.8. The van der Waals surface area contributed by atoms with Crippen LogP contribution in [0.15, 0.2) is 53.3 Å². The van der Waals surface area contributed by atoms with Crippen molar-refractivity contribution in [2.24, 2.45) is 11.3 Å². The van der Waals surface area contributed by atoms with Gasteiger partial charge >= 0.3 is 5.97 Å². The van der Waals surface area contributed by atoms with E-state index < -0.39 is 11.9 Å². The number of aromatic amines is 1. The molecule has 13 nitrogen and oxygen atoms in total. The molecule has 0 amide bonds. The minimum atomic E-state index is -0.867. The normalized spacial score (nSPS) is 21.4. The number of phenolic OH excluding ortho intramolecular Hbond substituents is 1. The molecule has 7 heterocycles. The molecule has 1 spiro atoms. The first kappa shape index (κ1) is 34.7. The van der Waals surface area contributed by atoms with Gasteiger partial charge in [-0.15, -0.1) is 10.2 Å². The molecule has 9 rings (SSSR count). The van der Waals surface area contributed by atoms with Crippen molar-refractivity contribution in [1.29, 1.82) is 0 Å². The van der Waals surface area contributed by atoms with E-state index in [4.69, 9.17) is 14.5 Å². The molecule has 13 heteroatoms. The van der Waals surface area contributed by atoms with E-state index in [1.807, 2.05) is 38.1 Å². The summed E-state index contributed by atoms with van der Waals surface area (Å²) in [5.74, 6) is 1.03. The Labute approximate surface area is 314 Å². The molecule has 5 aromatic rings. The number of benzene rings is 1. The zero-order chi connectivity index (χ0) is 37.1. The van der Waals surface area contributed by atoms with Gasteiger partial charge in [0.05, 0.1) is 11.7 Å². The number of aromatic nitrogens is 6. The molecule has 2 atom stereocenters. The van der Waals surface area contributed by atoms with Crippen LogP contribution in [-0.4, -0.2) is 90.2 Å². The van der Waals surface area contributed by atoms with Crippen molar-refractivity contribution >= 4 is 28.8 Å². The minimum Gasteiger partial charge on any atom is -0.507 e. The summed E-state index contributed by atoms with van der Waals surface area (Å²) in [6.45, 7) is 11.0. The van der Waals surface area contributed by atoms with Crippen molar-refractivity contribution in [1.82, 2.24) is 35.2 Å². The number of carboxylic acids is 1. The van der Waals surface area contributed by atoms with Crippen LogP contribution >= 0.6 is 0 Å². The average molecular weight is 732 g/mol. The zero-order valence-electron chi connectivity index (χ0n) is 31.3. The van der Waals surface area contributed by atoms with E-state index in [-0.39, 0.29) is 17.7 Å².